The summed E-state index contributed by atoms with van der Waals surface area (Å²) in [5.41, 5.74) is 0.808. The lowest BCUT2D eigenvalue weighted by Crippen LogP contribution is -2.36. The van der Waals surface area contributed by atoms with E-state index in [4.69, 9.17) is 9.47 Å². The van der Waals surface area contributed by atoms with Gasteiger partial charge in [-0.3, -0.25) is 4.79 Å². The first-order chi connectivity index (χ1) is 16.3. The van der Waals surface area contributed by atoms with Crippen LogP contribution in [-0.2, 0) is 19.9 Å². The maximum atomic E-state index is 13.1. The first kappa shape index (κ1) is 24.2. The highest BCUT2D eigenvalue weighted by molar-refractivity contribution is 6.09. The number of aliphatic imine (C=N–C) groups is 1. The molecule has 1 fully saturated rings. The van der Waals surface area contributed by atoms with Crippen LogP contribution in [0.15, 0.2) is 59.6 Å². The van der Waals surface area contributed by atoms with E-state index in [1.54, 1.807) is 24.3 Å². The number of esters is 1. The topological polar surface area (TPSA) is 65.0 Å². The number of amides is 1. The second kappa shape index (κ2) is 10.1. The van der Waals surface area contributed by atoms with Gasteiger partial charge < -0.3 is 9.47 Å². The molecule has 1 heterocycles. The number of hydrogen-bond donors (Lipinski definition) is 0. The van der Waals surface area contributed by atoms with E-state index in [-0.39, 0.29) is 18.0 Å². The molecule has 180 valence electrons. The lowest BCUT2D eigenvalue weighted by atomic mass is 9.75. The van der Waals surface area contributed by atoms with Gasteiger partial charge in [0, 0.05) is 17.5 Å². The fourth-order valence-corrected chi connectivity index (χ4v) is 5.29. The van der Waals surface area contributed by atoms with Gasteiger partial charge in [-0.15, -0.1) is 0 Å². The molecule has 34 heavy (non-hydrogen) atoms. The monoisotopic (exact) mass is 461 g/mol. The van der Waals surface area contributed by atoms with Crippen molar-refractivity contribution in [3.8, 4) is 0 Å². The zero-order valence-electron chi connectivity index (χ0n) is 20.6. The minimum Gasteiger partial charge on any atom is -0.458 e. The number of carbonyl (C=O) groups excluding carboxylic acids is 2. The van der Waals surface area contributed by atoms with Crippen molar-refractivity contribution in [1.29, 1.82) is 0 Å². The summed E-state index contributed by atoms with van der Waals surface area (Å²) >= 11 is 0. The minimum absolute atomic E-state index is 0.0519. The lowest BCUT2D eigenvalue weighted by Gasteiger charge is -2.36. The van der Waals surface area contributed by atoms with Crippen molar-refractivity contribution < 1.29 is 19.1 Å². The third-order valence-electron chi connectivity index (χ3n) is 7.25. The average molecular weight is 462 g/mol. The van der Waals surface area contributed by atoms with Gasteiger partial charge in [-0.2, -0.15) is 4.99 Å². The molecule has 1 aliphatic heterocycles. The summed E-state index contributed by atoms with van der Waals surface area (Å²) < 4.78 is 12.2. The Balaban J connectivity index is 1.52. The Morgan fingerprint density at radius 1 is 1.12 bits per heavy atom. The molecule has 0 N–H and O–H groups in total. The molecule has 0 spiro atoms. The van der Waals surface area contributed by atoms with E-state index in [0.29, 0.717) is 41.2 Å². The molecule has 5 nitrogen and oxygen atoms in total. The number of ether oxygens (including phenoxy) is 2. The van der Waals surface area contributed by atoms with Gasteiger partial charge in [0.25, 0.3) is 5.91 Å². The first-order valence-electron chi connectivity index (χ1n) is 12.5. The van der Waals surface area contributed by atoms with E-state index >= 15 is 0 Å². The molecule has 4 rings (SSSR count). The van der Waals surface area contributed by atoms with Crippen LogP contribution in [0.25, 0.3) is 0 Å². The number of hydrogen-bond acceptors (Lipinski definition) is 4. The fourth-order valence-electron chi connectivity index (χ4n) is 5.29. The Labute approximate surface area is 202 Å². The Bertz CT molecular complexity index is 1040. The van der Waals surface area contributed by atoms with E-state index in [1.807, 2.05) is 37.3 Å². The second-order valence-electron chi connectivity index (χ2n) is 10.1. The number of carbonyl (C=O) groups is 2. The second-order valence-corrected chi connectivity index (χ2v) is 10.1. The summed E-state index contributed by atoms with van der Waals surface area (Å²) in [7, 11) is 0. The third-order valence-corrected chi connectivity index (χ3v) is 7.25. The molecule has 0 saturated heterocycles. The van der Waals surface area contributed by atoms with Crippen molar-refractivity contribution in [2.75, 3.05) is 0 Å². The summed E-state index contributed by atoms with van der Waals surface area (Å²) in [4.78, 5) is 30.3. The fraction of sp³-hybridized carbons (Fsp3) is 0.483. The molecular weight excluding hydrogens is 426 g/mol. The molecule has 2 aromatic carbocycles. The van der Waals surface area contributed by atoms with Crippen molar-refractivity contribution >= 4 is 17.8 Å². The zero-order valence-corrected chi connectivity index (χ0v) is 20.6. The van der Waals surface area contributed by atoms with E-state index in [2.05, 4.69) is 25.8 Å². The molecule has 1 amide bonds. The predicted octanol–water partition coefficient (Wildman–Crippen LogP) is 6.30. The van der Waals surface area contributed by atoms with Crippen LogP contribution in [0.3, 0.4) is 0 Å². The third kappa shape index (κ3) is 4.79. The molecule has 1 aliphatic carbocycles. The Hall–Kier alpha value is -2.95. The van der Waals surface area contributed by atoms with Crippen LogP contribution in [-0.4, -0.2) is 23.9 Å². The smallest absolute Gasteiger partial charge is 0.338 e. The standard InChI is InChI=1S/C29H35NO4/c1-5-17-29(28(32)30-26(34-29)21-9-7-6-8-10-21)23-14-12-22(13-15-23)27(31)33-25-18-20(4)11-16-24(25)19(2)3/h6-10,12-15,19-20,24-25H,5,11,16-18H2,1-4H3/t20-,24+,25-,29-/m1/s1. The van der Waals surface area contributed by atoms with Crippen molar-refractivity contribution in [3.63, 3.8) is 0 Å². The predicted molar refractivity (Wildman–Crippen MR) is 133 cm³/mol. The summed E-state index contributed by atoms with van der Waals surface area (Å²) in [5.74, 6) is 1.17. The van der Waals surface area contributed by atoms with Crippen LogP contribution >= 0.6 is 0 Å². The van der Waals surface area contributed by atoms with E-state index in [0.717, 1.165) is 24.8 Å². The summed E-state index contributed by atoms with van der Waals surface area (Å²) in [6.45, 7) is 8.65. The molecule has 1 saturated carbocycles. The highest BCUT2D eigenvalue weighted by Gasteiger charge is 2.47. The zero-order chi connectivity index (χ0) is 24.3. The Morgan fingerprint density at radius 3 is 2.47 bits per heavy atom. The average Bonchev–Trinajstić information content (AvgIpc) is 3.17. The Morgan fingerprint density at radius 2 is 1.82 bits per heavy atom. The maximum Gasteiger partial charge on any atom is 0.338 e. The van der Waals surface area contributed by atoms with Gasteiger partial charge in [-0.25, -0.2) is 4.79 Å². The molecule has 0 bridgehead atoms. The van der Waals surface area contributed by atoms with E-state index in [9.17, 15) is 9.59 Å². The van der Waals surface area contributed by atoms with Gasteiger partial charge in [0.15, 0.2) is 0 Å². The minimum atomic E-state index is -1.16. The van der Waals surface area contributed by atoms with Crippen LogP contribution < -0.4 is 0 Å². The van der Waals surface area contributed by atoms with Crippen molar-refractivity contribution in [1.82, 2.24) is 0 Å². The summed E-state index contributed by atoms with van der Waals surface area (Å²) in [6.07, 6.45) is 4.40. The highest BCUT2D eigenvalue weighted by atomic mass is 16.5. The van der Waals surface area contributed by atoms with Crippen LogP contribution in [0, 0.1) is 17.8 Å². The van der Waals surface area contributed by atoms with Crippen molar-refractivity contribution in [2.45, 2.75) is 71.5 Å². The highest BCUT2D eigenvalue weighted by Crippen LogP contribution is 2.39. The molecule has 0 unspecified atom stereocenters. The largest absolute Gasteiger partial charge is 0.458 e. The van der Waals surface area contributed by atoms with E-state index < -0.39 is 5.60 Å². The van der Waals surface area contributed by atoms with Crippen molar-refractivity contribution in [2.24, 2.45) is 22.7 Å². The molecule has 0 aromatic heterocycles. The van der Waals surface area contributed by atoms with Gasteiger partial charge in [0.2, 0.25) is 11.5 Å². The lowest BCUT2D eigenvalue weighted by molar-refractivity contribution is -0.132. The maximum absolute atomic E-state index is 13.1. The van der Waals surface area contributed by atoms with Gasteiger partial charge in [-0.1, -0.05) is 70.9 Å². The molecule has 4 atom stereocenters. The normalized spacial score (nSPS) is 26.8. The van der Waals surface area contributed by atoms with Crippen LogP contribution in [0.5, 0.6) is 0 Å². The molecule has 0 radical (unpaired) electrons. The molecule has 2 aromatic rings. The van der Waals surface area contributed by atoms with Crippen molar-refractivity contribution in [3.05, 3.63) is 71.3 Å². The number of rotatable bonds is 7. The van der Waals surface area contributed by atoms with Gasteiger partial charge in [0.1, 0.15) is 6.10 Å². The molecule has 2 aliphatic rings. The first-order valence-corrected chi connectivity index (χ1v) is 12.5. The number of nitrogens with zero attached hydrogens (tertiary/aromatic N) is 1. The van der Waals surface area contributed by atoms with Crippen LogP contribution in [0.1, 0.15) is 81.3 Å². The van der Waals surface area contributed by atoms with Gasteiger partial charge in [0.05, 0.1) is 5.56 Å². The SMILES string of the molecule is CCC[C@]1(c2ccc(C(=O)O[C@@H]3C[C@H](C)CC[C@H]3C(C)C)cc2)OC(c2ccccc2)=NC1=O. The molecule has 5 heteroatoms. The van der Waals surface area contributed by atoms with Crippen LogP contribution in [0.4, 0.5) is 0 Å². The number of benzene rings is 2. The van der Waals surface area contributed by atoms with E-state index in [1.165, 1.54) is 6.42 Å². The summed E-state index contributed by atoms with van der Waals surface area (Å²) in [6, 6.07) is 16.5. The van der Waals surface area contributed by atoms with Gasteiger partial charge in [-0.05, 0) is 54.9 Å². The quantitative estimate of drug-likeness (QED) is 0.454. The van der Waals surface area contributed by atoms with Crippen LogP contribution in [0.2, 0.25) is 0 Å². The molecular formula is C29H35NO4. The van der Waals surface area contributed by atoms with Gasteiger partial charge >= 0.3 is 5.97 Å². The summed E-state index contributed by atoms with van der Waals surface area (Å²) in [5, 5.41) is 0. The Kier molecular flexibility index (Phi) is 7.20.